The predicted molar refractivity (Wildman–Crippen MR) is 57.8 cm³/mol. The second-order valence-electron chi connectivity index (χ2n) is 3.64. The normalized spacial score (nSPS) is 13.6. The van der Waals surface area contributed by atoms with Gasteiger partial charge >= 0.3 is 0 Å². The molecular weight excluding hydrogens is 208 g/mol. The zero-order valence-corrected chi connectivity index (χ0v) is 8.77. The molecule has 0 radical (unpaired) electrons. The number of fused-ring (bicyclic) bond motifs is 1. The van der Waals surface area contributed by atoms with E-state index in [4.69, 9.17) is 0 Å². The van der Waals surface area contributed by atoms with Gasteiger partial charge in [-0.1, -0.05) is 18.4 Å². The average molecular weight is 217 g/mol. The lowest BCUT2D eigenvalue weighted by atomic mass is 9.97. The van der Waals surface area contributed by atoms with Gasteiger partial charge in [-0.15, -0.1) is 5.73 Å². The SMILES string of the molecule is C=C=C1C#CCc2ncc(C(C)(F)F)cc21. The highest BCUT2D eigenvalue weighted by atomic mass is 19.3. The van der Waals surface area contributed by atoms with Crippen LogP contribution in [-0.4, -0.2) is 4.98 Å². The number of rotatable bonds is 1. The lowest BCUT2D eigenvalue weighted by Gasteiger charge is -2.14. The highest BCUT2D eigenvalue weighted by molar-refractivity contribution is 5.81. The molecule has 2 rings (SSSR count). The lowest BCUT2D eigenvalue weighted by Crippen LogP contribution is -2.10. The van der Waals surface area contributed by atoms with E-state index >= 15 is 0 Å². The van der Waals surface area contributed by atoms with Crippen molar-refractivity contribution in [2.24, 2.45) is 0 Å². The molecule has 80 valence electrons. The minimum absolute atomic E-state index is 0.109. The minimum Gasteiger partial charge on any atom is -0.259 e. The molecular formula is C13H9F2N. The summed E-state index contributed by atoms with van der Waals surface area (Å²) in [4.78, 5) is 4.01. The maximum absolute atomic E-state index is 13.1. The van der Waals surface area contributed by atoms with Crippen molar-refractivity contribution < 1.29 is 8.78 Å². The van der Waals surface area contributed by atoms with Crippen molar-refractivity contribution in [2.75, 3.05) is 0 Å². The van der Waals surface area contributed by atoms with Gasteiger partial charge in [-0.3, -0.25) is 4.98 Å². The molecule has 3 heteroatoms. The van der Waals surface area contributed by atoms with Crippen LogP contribution in [0.5, 0.6) is 0 Å². The first kappa shape index (κ1) is 10.6. The molecule has 0 aliphatic heterocycles. The fraction of sp³-hybridized carbons (Fsp3) is 0.231. The highest BCUT2D eigenvalue weighted by Crippen LogP contribution is 2.30. The third kappa shape index (κ3) is 1.76. The van der Waals surface area contributed by atoms with Crippen LogP contribution < -0.4 is 0 Å². The second kappa shape index (κ2) is 3.59. The molecule has 1 aliphatic rings. The molecule has 1 aromatic heterocycles. The number of nitrogens with zero attached hydrogens (tertiary/aromatic N) is 1. The quantitative estimate of drug-likeness (QED) is 0.520. The van der Waals surface area contributed by atoms with E-state index in [0.29, 0.717) is 23.3 Å². The van der Waals surface area contributed by atoms with Crippen LogP contribution in [0.15, 0.2) is 24.6 Å². The first-order valence-electron chi connectivity index (χ1n) is 4.79. The first-order chi connectivity index (χ1) is 7.52. The molecule has 0 aromatic carbocycles. The van der Waals surface area contributed by atoms with E-state index in [0.717, 1.165) is 6.92 Å². The third-order valence-electron chi connectivity index (χ3n) is 2.39. The van der Waals surface area contributed by atoms with E-state index in [1.807, 2.05) is 0 Å². The van der Waals surface area contributed by atoms with Gasteiger partial charge in [0.1, 0.15) is 0 Å². The Morgan fingerprint density at radius 1 is 1.56 bits per heavy atom. The molecule has 1 heterocycles. The van der Waals surface area contributed by atoms with Crippen LogP contribution in [0, 0.1) is 11.8 Å². The van der Waals surface area contributed by atoms with Crippen molar-refractivity contribution in [3.05, 3.63) is 41.4 Å². The molecule has 0 amide bonds. The van der Waals surface area contributed by atoms with Crippen LogP contribution in [0.4, 0.5) is 8.78 Å². The molecule has 1 aliphatic carbocycles. The Balaban J connectivity index is 2.61. The average Bonchev–Trinajstić information content (AvgIpc) is 2.26. The van der Waals surface area contributed by atoms with Crippen LogP contribution in [0.25, 0.3) is 5.57 Å². The summed E-state index contributed by atoms with van der Waals surface area (Å²) in [5, 5.41) is 0. The molecule has 1 nitrogen and oxygen atoms in total. The van der Waals surface area contributed by atoms with Gasteiger partial charge < -0.3 is 0 Å². The van der Waals surface area contributed by atoms with Gasteiger partial charge in [0.05, 0.1) is 17.7 Å². The highest BCUT2D eigenvalue weighted by Gasteiger charge is 2.26. The molecule has 0 saturated carbocycles. The van der Waals surface area contributed by atoms with Gasteiger partial charge in [-0.2, -0.15) is 0 Å². The van der Waals surface area contributed by atoms with Crippen LogP contribution in [-0.2, 0) is 12.3 Å². The number of aromatic nitrogens is 1. The summed E-state index contributed by atoms with van der Waals surface area (Å²) >= 11 is 0. The van der Waals surface area contributed by atoms with E-state index in [-0.39, 0.29) is 5.56 Å². The van der Waals surface area contributed by atoms with Gasteiger partial charge in [-0.05, 0) is 6.07 Å². The van der Waals surface area contributed by atoms with Crippen molar-refractivity contribution in [2.45, 2.75) is 19.3 Å². The Bertz CT molecular complexity index is 550. The number of pyridine rings is 1. The van der Waals surface area contributed by atoms with Gasteiger partial charge in [0.15, 0.2) is 0 Å². The summed E-state index contributed by atoms with van der Waals surface area (Å²) in [6.07, 6.45) is 1.68. The summed E-state index contributed by atoms with van der Waals surface area (Å²) in [6.45, 7) is 4.34. The Labute approximate surface area is 92.5 Å². The monoisotopic (exact) mass is 217 g/mol. The number of allylic oxidation sites excluding steroid dienone is 1. The minimum atomic E-state index is -2.89. The second-order valence-corrected chi connectivity index (χ2v) is 3.64. The summed E-state index contributed by atoms with van der Waals surface area (Å²) in [5.41, 5.74) is 4.40. The predicted octanol–water partition coefficient (Wildman–Crippen LogP) is 2.92. The first-order valence-corrected chi connectivity index (χ1v) is 4.79. The van der Waals surface area contributed by atoms with Gasteiger partial charge in [0.25, 0.3) is 5.92 Å². The van der Waals surface area contributed by atoms with Gasteiger partial charge in [-0.25, -0.2) is 8.78 Å². The van der Waals surface area contributed by atoms with E-state index in [9.17, 15) is 8.78 Å². The summed E-state index contributed by atoms with van der Waals surface area (Å²) in [5.74, 6) is 2.78. The van der Waals surface area contributed by atoms with Crippen molar-refractivity contribution in [3.8, 4) is 11.8 Å². The van der Waals surface area contributed by atoms with Crippen LogP contribution in [0.2, 0.25) is 0 Å². The van der Waals surface area contributed by atoms with Crippen molar-refractivity contribution in [1.29, 1.82) is 0 Å². The number of hydrogen-bond donors (Lipinski definition) is 0. The molecule has 0 fully saturated rings. The summed E-state index contributed by atoms with van der Waals surface area (Å²) in [6, 6.07) is 1.42. The van der Waals surface area contributed by atoms with Gasteiger partial charge in [0.2, 0.25) is 0 Å². The van der Waals surface area contributed by atoms with Crippen LogP contribution in [0.1, 0.15) is 23.7 Å². The molecule has 0 N–H and O–H groups in total. The fourth-order valence-electron chi connectivity index (χ4n) is 1.51. The van der Waals surface area contributed by atoms with Crippen LogP contribution in [0.3, 0.4) is 0 Å². The Kier molecular flexibility index (Phi) is 2.38. The molecule has 0 atom stereocenters. The standard InChI is InChI=1S/C13H9F2N/c1-3-9-5-4-6-12-11(9)7-10(8-16-12)13(2,14)15/h7-8H,1,6H2,2H3. The Hall–Kier alpha value is -1.91. The Morgan fingerprint density at radius 2 is 2.31 bits per heavy atom. The van der Waals surface area contributed by atoms with Crippen LogP contribution >= 0.6 is 0 Å². The molecule has 16 heavy (non-hydrogen) atoms. The Morgan fingerprint density at radius 3 is 2.94 bits per heavy atom. The molecule has 0 unspecified atom stereocenters. The van der Waals surface area contributed by atoms with Crippen molar-refractivity contribution >= 4 is 5.57 Å². The zero-order chi connectivity index (χ0) is 11.8. The fourth-order valence-corrected chi connectivity index (χ4v) is 1.51. The molecule has 0 bridgehead atoms. The topological polar surface area (TPSA) is 12.9 Å². The largest absolute Gasteiger partial charge is 0.272 e. The maximum atomic E-state index is 13.1. The summed E-state index contributed by atoms with van der Waals surface area (Å²) < 4.78 is 26.3. The molecule has 0 spiro atoms. The van der Waals surface area contributed by atoms with E-state index in [1.165, 1.54) is 12.3 Å². The lowest BCUT2D eigenvalue weighted by molar-refractivity contribution is 0.0171. The zero-order valence-electron chi connectivity index (χ0n) is 8.77. The van der Waals surface area contributed by atoms with Gasteiger partial charge in [0, 0.05) is 24.2 Å². The number of halogens is 2. The molecule has 1 aromatic rings. The smallest absolute Gasteiger partial charge is 0.259 e. The maximum Gasteiger partial charge on any atom is 0.272 e. The van der Waals surface area contributed by atoms with Crippen molar-refractivity contribution in [1.82, 2.24) is 4.98 Å². The number of hydrogen-bond acceptors (Lipinski definition) is 1. The van der Waals surface area contributed by atoms with Crippen molar-refractivity contribution in [3.63, 3.8) is 0 Å². The molecule has 0 saturated heterocycles. The number of alkyl halides is 2. The van der Waals surface area contributed by atoms with E-state index < -0.39 is 5.92 Å². The summed E-state index contributed by atoms with van der Waals surface area (Å²) in [7, 11) is 0. The van der Waals surface area contributed by atoms with E-state index in [1.54, 1.807) is 0 Å². The van der Waals surface area contributed by atoms with E-state index in [2.05, 4.69) is 29.1 Å². The third-order valence-corrected chi connectivity index (χ3v) is 2.39.